The van der Waals surface area contributed by atoms with Crippen LogP contribution in [-0.4, -0.2) is 0 Å². The van der Waals surface area contributed by atoms with Crippen molar-refractivity contribution < 1.29 is 4.39 Å². The Balaban J connectivity index is 2.27. The van der Waals surface area contributed by atoms with E-state index in [1.165, 1.54) is 12.1 Å². The molecule has 0 aliphatic carbocycles. The van der Waals surface area contributed by atoms with Crippen LogP contribution in [0.3, 0.4) is 0 Å². The minimum atomic E-state index is -0.241. The van der Waals surface area contributed by atoms with E-state index in [9.17, 15) is 4.39 Å². The number of nitrogens with two attached hydrogens (primary N) is 1. The number of rotatable bonds is 4. The van der Waals surface area contributed by atoms with Crippen LogP contribution in [-0.2, 0) is 6.42 Å². The molecule has 19 heavy (non-hydrogen) atoms. The number of benzene rings is 2. The summed E-state index contributed by atoms with van der Waals surface area (Å²) >= 11 is 3.44. The lowest BCUT2D eigenvalue weighted by Gasteiger charge is -2.19. The number of nitrogens with one attached hydrogen (secondary N) is 1. The number of aryl methyl sites for hydroxylation is 1. The smallest absolute Gasteiger partial charge is 0.123 e. The predicted octanol–water partition coefficient (Wildman–Crippen LogP) is 3.64. The minimum absolute atomic E-state index is 0.106. The first-order valence-corrected chi connectivity index (χ1v) is 6.86. The summed E-state index contributed by atoms with van der Waals surface area (Å²) in [4.78, 5) is 0. The molecular weight excluding hydrogens is 307 g/mol. The van der Waals surface area contributed by atoms with E-state index < -0.39 is 0 Å². The molecule has 0 spiro atoms. The quantitative estimate of drug-likeness (QED) is 0.666. The third-order valence-electron chi connectivity index (χ3n) is 3.15. The summed E-state index contributed by atoms with van der Waals surface area (Å²) in [5.74, 6) is 5.38. The minimum Gasteiger partial charge on any atom is -0.271 e. The number of hydrogen-bond acceptors (Lipinski definition) is 2. The molecule has 0 radical (unpaired) electrons. The van der Waals surface area contributed by atoms with Gasteiger partial charge >= 0.3 is 0 Å². The SMILES string of the molecule is Cc1ccc(F)cc1C(Cc1cccc(Br)c1)NN. The second kappa shape index (κ2) is 6.28. The molecule has 2 nitrogen and oxygen atoms in total. The second-order valence-corrected chi connectivity index (χ2v) is 5.47. The summed E-state index contributed by atoms with van der Waals surface area (Å²) in [5, 5.41) is 0. The van der Waals surface area contributed by atoms with E-state index in [-0.39, 0.29) is 11.9 Å². The molecular formula is C15H16BrFN2. The van der Waals surface area contributed by atoms with Crippen LogP contribution in [0.15, 0.2) is 46.9 Å². The Hall–Kier alpha value is -1.23. The Kier molecular flexibility index (Phi) is 4.69. The van der Waals surface area contributed by atoms with Gasteiger partial charge in [-0.2, -0.15) is 0 Å². The summed E-state index contributed by atoms with van der Waals surface area (Å²) < 4.78 is 14.4. The highest BCUT2D eigenvalue weighted by Gasteiger charge is 2.14. The summed E-state index contributed by atoms with van der Waals surface area (Å²) in [5.41, 5.74) is 5.83. The lowest BCUT2D eigenvalue weighted by Crippen LogP contribution is -2.30. The Morgan fingerprint density at radius 3 is 2.74 bits per heavy atom. The molecule has 1 unspecified atom stereocenters. The standard InChI is InChI=1S/C15H16BrFN2/c1-10-5-6-13(17)9-14(10)15(19-18)8-11-3-2-4-12(16)7-11/h2-7,9,15,19H,8,18H2,1H3. The van der Waals surface area contributed by atoms with Gasteiger partial charge in [-0.25, -0.2) is 4.39 Å². The van der Waals surface area contributed by atoms with E-state index in [1.54, 1.807) is 6.07 Å². The van der Waals surface area contributed by atoms with Crippen molar-refractivity contribution in [3.8, 4) is 0 Å². The summed E-state index contributed by atoms with van der Waals surface area (Å²) in [7, 11) is 0. The van der Waals surface area contributed by atoms with Gasteiger partial charge in [-0.1, -0.05) is 34.1 Å². The molecule has 1 atom stereocenters. The van der Waals surface area contributed by atoms with Crippen molar-refractivity contribution in [1.29, 1.82) is 0 Å². The van der Waals surface area contributed by atoms with Crippen LogP contribution in [0.5, 0.6) is 0 Å². The average Bonchev–Trinajstić information content (AvgIpc) is 2.39. The first-order valence-electron chi connectivity index (χ1n) is 6.07. The number of hydrazine groups is 1. The van der Waals surface area contributed by atoms with Gasteiger partial charge in [0, 0.05) is 4.47 Å². The fraction of sp³-hybridized carbons (Fsp3) is 0.200. The van der Waals surface area contributed by atoms with Crippen LogP contribution in [0.4, 0.5) is 4.39 Å². The number of hydrogen-bond donors (Lipinski definition) is 2. The maximum absolute atomic E-state index is 13.4. The van der Waals surface area contributed by atoms with Crippen LogP contribution in [0.25, 0.3) is 0 Å². The van der Waals surface area contributed by atoms with Crippen LogP contribution < -0.4 is 11.3 Å². The molecule has 4 heteroatoms. The predicted molar refractivity (Wildman–Crippen MR) is 79.0 cm³/mol. The van der Waals surface area contributed by atoms with Crippen molar-refractivity contribution in [2.24, 2.45) is 5.84 Å². The van der Waals surface area contributed by atoms with E-state index in [2.05, 4.69) is 21.4 Å². The molecule has 2 aromatic rings. The zero-order valence-electron chi connectivity index (χ0n) is 10.7. The van der Waals surface area contributed by atoms with E-state index in [1.807, 2.05) is 31.2 Å². The van der Waals surface area contributed by atoms with Crippen molar-refractivity contribution in [3.05, 3.63) is 69.4 Å². The van der Waals surface area contributed by atoms with Gasteiger partial charge in [0.1, 0.15) is 5.82 Å². The van der Waals surface area contributed by atoms with Crippen LogP contribution in [0.2, 0.25) is 0 Å². The lowest BCUT2D eigenvalue weighted by molar-refractivity contribution is 0.541. The topological polar surface area (TPSA) is 38.0 Å². The van der Waals surface area contributed by atoms with Crippen molar-refractivity contribution in [3.63, 3.8) is 0 Å². The Labute approximate surface area is 120 Å². The molecule has 0 saturated heterocycles. The largest absolute Gasteiger partial charge is 0.271 e. The molecule has 0 aliphatic heterocycles. The van der Waals surface area contributed by atoms with Crippen LogP contribution in [0.1, 0.15) is 22.7 Å². The van der Waals surface area contributed by atoms with Crippen molar-refractivity contribution >= 4 is 15.9 Å². The zero-order valence-corrected chi connectivity index (χ0v) is 12.2. The van der Waals surface area contributed by atoms with E-state index in [0.717, 1.165) is 21.2 Å². The monoisotopic (exact) mass is 322 g/mol. The first kappa shape index (κ1) is 14.2. The lowest BCUT2D eigenvalue weighted by atomic mass is 9.96. The van der Waals surface area contributed by atoms with Gasteiger partial charge in [-0.15, -0.1) is 0 Å². The summed E-state index contributed by atoms with van der Waals surface area (Å²) in [6.07, 6.45) is 0.709. The maximum Gasteiger partial charge on any atom is 0.123 e. The molecule has 0 saturated carbocycles. The highest BCUT2D eigenvalue weighted by atomic mass is 79.9. The van der Waals surface area contributed by atoms with Crippen molar-refractivity contribution in [2.45, 2.75) is 19.4 Å². The summed E-state index contributed by atoms with van der Waals surface area (Å²) in [6.45, 7) is 1.96. The number of halogens is 2. The van der Waals surface area contributed by atoms with Crippen molar-refractivity contribution in [2.75, 3.05) is 0 Å². The van der Waals surface area contributed by atoms with Gasteiger partial charge in [0.15, 0.2) is 0 Å². The van der Waals surface area contributed by atoms with Gasteiger partial charge < -0.3 is 0 Å². The van der Waals surface area contributed by atoms with E-state index in [4.69, 9.17) is 5.84 Å². The molecule has 100 valence electrons. The van der Waals surface area contributed by atoms with Gasteiger partial charge in [0.25, 0.3) is 0 Å². The van der Waals surface area contributed by atoms with E-state index >= 15 is 0 Å². The highest BCUT2D eigenvalue weighted by molar-refractivity contribution is 9.10. The summed E-state index contributed by atoms with van der Waals surface area (Å²) in [6, 6.07) is 12.7. The van der Waals surface area contributed by atoms with Crippen LogP contribution >= 0.6 is 15.9 Å². The normalized spacial score (nSPS) is 12.4. The molecule has 0 aliphatic rings. The molecule has 0 aromatic heterocycles. The van der Waals surface area contributed by atoms with E-state index in [0.29, 0.717) is 6.42 Å². The molecule has 2 rings (SSSR count). The van der Waals surface area contributed by atoms with Gasteiger partial charge in [-0.3, -0.25) is 11.3 Å². The molecule has 0 amide bonds. The maximum atomic E-state index is 13.4. The molecule has 0 bridgehead atoms. The fourth-order valence-electron chi connectivity index (χ4n) is 2.15. The Morgan fingerprint density at radius 2 is 2.05 bits per heavy atom. The fourth-order valence-corrected chi connectivity index (χ4v) is 2.59. The Bertz CT molecular complexity index is 572. The van der Waals surface area contributed by atoms with Gasteiger partial charge in [0.05, 0.1) is 6.04 Å². The third kappa shape index (κ3) is 3.62. The molecule has 0 fully saturated rings. The van der Waals surface area contributed by atoms with Gasteiger partial charge in [0.2, 0.25) is 0 Å². The molecule has 2 aromatic carbocycles. The average molecular weight is 323 g/mol. The van der Waals surface area contributed by atoms with Crippen LogP contribution in [0, 0.1) is 12.7 Å². The highest BCUT2D eigenvalue weighted by Crippen LogP contribution is 2.23. The molecule has 3 N–H and O–H groups in total. The molecule has 0 heterocycles. The second-order valence-electron chi connectivity index (χ2n) is 4.55. The Morgan fingerprint density at radius 1 is 1.26 bits per heavy atom. The first-order chi connectivity index (χ1) is 9.10. The third-order valence-corrected chi connectivity index (χ3v) is 3.64. The zero-order chi connectivity index (χ0) is 13.8. The van der Waals surface area contributed by atoms with Crippen molar-refractivity contribution in [1.82, 2.24) is 5.43 Å². The van der Waals surface area contributed by atoms with Gasteiger partial charge in [-0.05, 0) is 54.3 Å².